The van der Waals surface area contributed by atoms with Gasteiger partial charge in [0, 0.05) is 23.6 Å². The zero-order valence-electron chi connectivity index (χ0n) is 9.54. The number of nitrogens with two attached hydrogens (primary N) is 1. The second-order valence-electron chi connectivity index (χ2n) is 3.70. The highest BCUT2D eigenvalue weighted by Crippen LogP contribution is 2.10. The molecule has 2 amide bonds. The first-order chi connectivity index (χ1) is 8.65. The third-order valence-electron chi connectivity index (χ3n) is 2.30. The summed E-state index contributed by atoms with van der Waals surface area (Å²) in [5, 5.41) is 6.59. The molecule has 0 saturated heterocycles. The Balaban J connectivity index is 2.03. The lowest BCUT2D eigenvalue weighted by Crippen LogP contribution is -2.19. The van der Waals surface area contributed by atoms with Crippen LogP contribution in [0.3, 0.4) is 0 Å². The quantitative estimate of drug-likeness (QED) is 0.826. The number of nitrogens with one attached hydrogen (secondary N) is 1. The molecular weight excluding hydrogens is 232 g/mol. The number of nitrogens with zero attached hydrogens (tertiary/aromatic N) is 2. The maximum atomic E-state index is 11.7. The minimum absolute atomic E-state index is 0.119. The number of aromatic nitrogens is 2. The van der Waals surface area contributed by atoms with Crippen LogP contribution in [0, 0.1) is 0 Å². The van der Waals surface area contributed by atoms with Crippen molar-refractivity contribution < 1.29 is 9.59 Å². The lowest BCUT2D eigenvalue weighted by molar-refractivity contribution is -0.116. The van der Waals surface area contributed by atoms with Crippen LogP contribution in [-0.2, 0) is 11.3 Å². The van der Waals surface area contributed by atoms with Gasteiger partial charge in [-0.15, -0.1) is 0 Å². The number of hydrogen-bond donors (Lipinski definition) is 2. The topological polar surface area (TPSA) is 90.0 Å². The second-order valence-corrected chi connectivity index (χ2v) is 3.70. The molecule has 0 aliphatic rings. The van der Waals surface area contributed by atoms with Crippen LogP contribution in [0.5, 0.6) is 0 Å². The van der Waals surface area contributed by atoms with E-state index in [-0.39, 0.29) is 12.5 Å². The third kappa shape index (κ3) is 2.94. The van der Waals surface area contributed by atoms with Gasteiger partial charge in [0.2, 0.25) is 11.8 Å². The maximum Gasteiger partial charge on any atom is 0.248 e. The van der Waals surface area contributed by atoms with Gasteiger partial charge in [0.15, 0.2) is 0 Å². The van der Waals surface area contributed by atoms with Crippen LogP contribution in [0.25, 0.3) is 0 Å². The Labute approximate surface area is 103 Å². The van der Waals surface area contributed by atoms with Gasteiger partial charge < -0.3 is 11.1 Å². The standard InChI is InChI=1S/C12H12N4O2/c13-12(18)9-3-1-4-10(7-9)15-11(17)8-16-6-2-5-14-16/h1-7H,8H2,(H2,13,18)(H,15,17). The van der Waals surface area contributed by atoms with Gasteiger partial charge in [0.1, 0.15) is 6.54 Å². The van der Waals surface area contributed by atoms with Crippen LogP contribution in [0.4, 0.5) is 5.69 Å². The normalized spacial score (nSPS) is 10.0. The molecule has 0 spiro atoms. The number of rotatable bonds is 4. The van der Waals surface area contributed by atoms with Crippen LogP contribution in [0.1, 0.15) is 10.4 Å². The van der Waals surface area contributed by atoms with Gasteiger partial charge in [-0.3, -0.25) is 14.3 Å². The monoisotopic (exact) mass is 244 g/mol. The van der Waals surface area contributed by atoms with E-state index >= 15 is 0 Å². The molecule has 0 aliphatic carbocycles. The van der Waals surface area contributed by atoms with E-state index in [4.69, 9.17) is 5.73 Å². The zero-order valence-corrected chi connectivity index (χ0v) is 9.54. The maximum absolute atomic E-state index is 11.7. The molecule has 6 heteroatoms. The fourth-order valence-corrected chi connectivity index (χ4v) is 1.49. The fraction of sp³-hybridized carbons (Fsp3) is 0.0833. The minimum Gasteiger partial charge on any atom is -0.366 e. The van der Waals surface area contributed by atoms with Crippen molar-refractivity contribution in [2.24, 2.45) is 5.73 Å². The highest BCUT2D eigenvalue weighted by atomic mass is 16.2. The van der Waals surface area contributed by atoms with Crippen LogP contribution in [0.15, 0.2) is 42.7 Å². The Morgan fingerprint density at radius 1 is 1.33 bits per heavy atom. The molecule has 0 bridgehead atoms. The van der Waals surface area contributed by atoms with E-state index in [1.165, 1.54) is 10.7 Å². The summed E-state index contributed by atoms with van der Waals surface area (Å²) < 4.78 is 1.51. The molecule has 2 aromatic rings. The molecule has 0 saturated carbocycles. The van der Waals surface area contributed by atoms with Crippen LogP contribution < -0.4 is 11.1 Å². The lowest BCUT2D eigenvalue weighted by Gasteiger charge is -2.06. The summed E-state index contributed by atoms with van der Waals surface area (Å²) in [6, 6.07) is 8.20. The number of anilines is 1. The minimum atomic E-state index is -0.529. The van der Waals surface area contributed by atoms with Crippen molar-refractivity contribution in [3.63, 3.8) is 0 Å². The van der Waals surface area contributed by atoms with Gasteiger partial charge in [-0.25, -0.2) is 0 Å². The third-order valence-corrected chi connectivity index (χ3v) is 2.30. The largest absolute Gasteiger partial charge is 0.366 e. The van der Waals surface area contributed by atoms with Crippen LogP contribution in [0.2, 0.25) is 0 Å². The Hall–Kier alpha value is -2.63. The van der Waals surface area contributed by atoms with Gasteiger partial charge >= 0.3 is 0 Å². The first-order valence-electron chi connectivity index (χ1n) is 5.32. The molecule has 18 heavy (non-hydrogen) atoms. The smallest absolute Gasteiger partial charge is 0.248 e. The predicted octanol–water partition coefficient (Wildman–Crippen LogP) is 0.621. The van der Waals surface area contributed by atoms with Crippen molar-refractivity contribution in [1.82, 2.24) is 9.78 Å². The molecular formula is C12H12N4O2. The highest BCUT2D eigenvalue weighted by molar-refractivity contribution is 5.96. The molecule has 1 heterocycles. The molecule has 3 N–H and O–H groups in total. The molecule has 0 aliphatic heterocycles. The molecule has 0 unspecified atom stereocenters. The highest BCUT2D eigenvalue weighted by Gasteiger charge is 2.05. The number of benzene rings is 1. The van der Waals surface area contributed by atoms with Crippen molar-refractivity contribution in [2.75, 3.05) is 5.32 Å². The van der Waals surface area contributed by atoms with E-state index in [2.05, 4.69) is 10.4 Å². The molecule has 0 radical (unpaired) electrons. The average Bonchev–Trinajstić information content (AvgIpc) is 2.82. The summed E-state index contributed by atoms with van der Waals surface area (Å²) in [5.74, 6) is -0.751. The predicted molar refractivity (Wildman–Crippen MR) is 65.8 cm³/mol. The molecule has 0 atom stereocenters. The van der Waals surface area contributed by atoms with Crippen LogP contribution in [-0.4, -0.2) is 21.6 Å². The summed E-state index contributed by atoms with van der Waals surface area (Å²) in [6.45, 7) is 0.119. The zero-order chi connectivity index (χ0) is 13.0. The average molecular weight is 244 g/mol. The molecule has 2 rings (SSSR count). The fourth-order valence-electron chi connectivity index (χ4n) is 1.49. The Kier molecular flexibility index (Phi) is 3.38. The van der Waals surface area contributed by atoms with Crippen molar-refractivity contribution in [3.05, 3.63) is 48.3 Å². The van der Waals surface area contributed by atoms with Gasteiger partial charge in [-0.1, -0.05) is 6.07 Å². The molecule has 0 fully saturated rings. The van der Waals surface area contributed by atoms with Crippen LogP contribution >= 0.6 is 0 Å². The number of primary amides is 1. The van der Waals surface area contributed by atoms with Crippen molar-refractivity contribution in [1.29, 1.82) is 0 Å². The van der Waals surface area contributed by atoms with Gasteiger partial charge in [0.25, 0.3) is 0 Å². The van der Waals surface area contributed by atoms with Gasteiger partial charge in [-0.05, 0) is 24.3 Å². The van der Waals surface area contributed by atoms with Crippen molar-refractivity contribution in [3.8, 4) is 0 Å². The second kappa shape index (κ2) is 5.13. The number of carbonyl (C=O) groups excluding carboxylic acids is 2. The lowest BCUT2D eigenvalue weighted by atomic mass is 10.2. The van der Waals surface area contributed by atoms with E-state index in [1.54, 1.807) is 36.7 Å². The summed E-state index contributed by atoms with van der Waals surface area (Å²) >= 11 is 0. The van der Waals surface area contributed by atoms with E-state index in [0.717, 1.165) is 0 Å². The van der Waals surface area contributed by atoms with E-state index in [9.17, 15) is 9.59 Å². The van der Waals surface area contributed by atoms with Crippen molar-refractivity contribution in [2.45, 2.75) is 6.54 Å². The SMILES string of the molecule is NC(=O)c1cccc(NC(=O)Cn2cccn2)c1. The van der Waals surface area contributed by atoms with Crippen molar-refractivity contribution >= 4 is 17.5 Å². The Morgan fingerprint density at radius 3 is 2.83 bits per heavy atom. The summed E-state index contributed by atoms with van der Waals surface area (Å²) in [5.41, 5.74) is 6.04. The molecule has 1 aromatic heterocycles. The first kappa shape index (κ1) is 11.8. The van der Waals surface area contributed by atoms with E-state index < -0.39 is 5.91 Å². The summed E-state index contributed by atoms with van der Waals surface area (Å²) in [4.78, 5) is 22.7. The summed E-state index contributed by atoms with van der Waals surface area (Å²) in [7, 11) is 0. The molecule has 6 nitrogen and oxygen atoms in total. The number of amides is 2. The van der Waals surface area contributed by atoms with Gasteiger partial charge in [-0.2, -0.15) is 5.10 Å². The number of carbonyl (C=O) groups is 2. The Bertz CT molecular complexity index is 563. The van der Waals surface area contributed by atoms with E-state index in [0.29, 0.717) is 11.3 Å². The molecule has 92 valence electrons. The first-order valence-corrected chi connectivity index (χ1v) is 5.32. The number of hydrogen-bond acceptors (Lipinski definition) is 3. The molecule has 1 aromatic carbocycles. The van der Waals surface area contributed by atoms with E-state index in [1.807, 2.05) is 0 Å². The Morgan fingerprint density at radius 2 is 2.17 bits per heavy atom. The van der Waals surface area contributed by atoms with Gasteiger partial charge in [0.05, 0.1) is 0 Å². The summed E-state index contributed by atoms with van der Waals surface area (Å²) in [6.07, 6.45) is 3.29.